The van der Waals surface area contributed by atoms with Crippen molar-refractivity contribution in [3.05, 3.63) is 53.2 Å². The van der Waals surface area contributed by atoms with Gasteiger partial charge in [-0.1, -0.05) is 6.07 Å². The Balaban J connectivity index is 1.65. The first-order valence-corrected chi connectivity index (χ1v) is 7.76. The zero-order valence-electron chi connectivity index (χ0n) is 13.5. The highest BCUT2D eigenvalue weighted by Gasteiger charge is 2.33. The van der Waals surface area contributed by atoms with E-state index in [-0.39, 0.29) is 11.7 Å². The van der Waals surface area contributed by atoms with Crippen LogP contribution in [0.3, 0.4) is 0 Å². The fourth-order valence-electron chi connectivity index (χ4n) is 2.64. The SMILES string of the molecule is Cc1ccc(OC2CCN(C(=O)c3cccc(C(F)(F)F)c3)C2)nn1. The van der Waals surface area contributed by atoms with Crippen LogP contribution in [0.25, 0.3) is 0 Å². The van der Waals surface area contributed by atoms with Gasteiger partial charge in [0.15, 0.2) is 0 Å². The van der Waals surface area contributed by atoms with Crippen LogP contribution in [-0.4, -0.2) is 40.2 Å². The first kappa shape index (κ1) is 17.2. The molecule has 0 radical (unpaired) electrons. The molecule has 0 spiro atoms. The maximum Gasteiger partial charge on any atom is 0.416 e. The Kier molecular flexibility index (Phi) is 4.61. The molecule has 1 aromatic heterocycles. The maximum absolute atomic E-state index is 12.8. The molecule has 1 aliphatic rings. The number of amides is 1. The van der Waals surface area contributed by atoms with E-state index >= 15 is 0 Å². The minimum atomic E-state index is -4.48. The van der Waals surface area contributed by atoms with Crippen molar-refractivity contribution in [3.8, 4) is 5.88 Å². The van der Waals surface area contributed by atoms with Crippen molar-refractivity contribution >= 4 is 5.91 Å². The van der Waals surface area contributed by atoms with Gasteiger partial charge in [-0.15, -0.1) is 5.10 Å². The lowest BCUT2D eigenvalue weighted by atomic mass is 10.1. The molecule has 1 aliphatic heterocycles. The number of aromatic nitrogens is 2. The molecule has 25 heavy (non-hydrogen) atoms. The van der Waals surface area contributed by atoms with Crippen LogP contribution in [0.5, 0.6) is 5.88 Å². The molecule has 1 aromatic carbocycles. The molecular formula is C17H16F3N3O2. The predicted octanol–water partition coefficient (Wildman–Crippen LogP) is 3.10. The van der Waals surface area contributed by atoms with E-state index in [0.29, 0.717) is 25.4 Å². The van der Waals surface area contributed by atoms with Crippen LogP contribution in [0.15, 0.2) is 36.4 Å². The van der Waals surface area contributed by atoms with Gasteiger partial charge >= 0.3 is 6.18 Å². The molecule has 3 rings (SSSR count). The van der Waals surface area contributed by atoms with Gasteiger partial charge in [-0.2, -0.15) is 18.3 Å². The van der Waals surface area contributed by atoms with Gasteiger partial charge in [-0.05, 0) is 31.2 Å². The highest BCUT2D eigenvalue weighted by molar-refractivity contribution is 5.94. The van der Waals surface area contributed by atoms with Crippen molar-refractivity contribution in [2.45, 2.75) is 25.6 Å². The quantitative estimate of drug-likeness (QED) is 0.853. The lowest BCUT2D eigenvalue weighted by Crippen LogP contribution is -2.31. The van der Waals surface area contributed by atoms with E-state index in [1.807, 2.05) is 6.92 Å². The molecule has 2 aromatic rings. The molecular weight excluding hydrogens is 335 g/mol. The third-order valence-corrected chi connectivity index (χ3v) is 3.93. The van der Waals surface area contributed by atoms with E-state index in [0.717, 1.165) is 17.8 Å². The van der Waals surface area contributed by atoms with Gasteiger partial charge in [0.2, 0.25) is 5.88 Å². The second-order valence-corrected chi connectivity index (χ2v) is 5.87. The predicted molar refractivity (Wildman–Crippen MR) is 83.1 cm³/mol. The normalized spacial score (nSPS) is 17.6. The van der Waals surface area contributed by atoms with Gasteiger partial charge in [0.25, 0.3) is 5.91 Å². The number of nitrogens with zero attached hydrogens (tertiary/aromatic N) is 3. The van der Waals surface area contributed by atoms with Crippen LogP contribution >= 0.6 is 0 Å². The van der Waals surface area contributed by atoms with Crippen molar-refractivity contribution in [3.63, 3.8) is 0 Å². The molecule has 0 N–H and O–H groups in total. The molecule has 1 atom stereocenters. The topological polar surface area (TPSA) is 55.3 Å². The average molecular weight is 351 g/mol. The van der Waals surface area contributed by atoms with Crippen LogP contribution in [0.2, 0.25) is 0 Å². The van der Waals surface area contributed by atoms with Crippen molar-refractivity contribution in [2.75, 3.05) is 13.1 Å². The number of likely N-dealkylation sites (tertiary alicyclic amines) is 1. The number of rotatable bonds is 3. The summed E-state index contributed by atoms with van der Waals surface area (Å²) in [5.41, 5.74) is -0.0500. The summed E-state index contributed by atoms with van der Waals surface area (Å²) in [5, 5.41) is 7.80. The smallest absolute Gasteiger partial charge is 0.416 e. The summed E-state index contributed by atoms with van der Waals surface area (Å²) in [6.07, 6.45) is -4.15. The van der Waals surface area contributed by atoms with Crippen LogP contribution in [0, 0.1) is 6.92 Å². The molecule has 2 heterocycles. The third kappa shape index (κ3) is 4.07. The molecule has 132 valence electrons. The van der Waals surface area contributed by atoms with Crippen molar-refractivity contribution in [1.29, 1.82) is 0 Å². The van der Waals surface area contributed by atoms with E-state index in [4.69, 9.17) is 4.74 Å². The fraction of sp³-hybridized carbons (Fsp3) is 0.353. The standard InChI is InChI=1S/C17H16F3N3O2/c1-11-5-6-15(22-21-11)25-14-7-8-23(10-14)16(24)12-3-2-4-13(9-12)17(18,19)20/h2-6,9,14H,7-8,10H2,1H3. The van der Waals surface area contributed by atoms with Crippen LogP contribution in [0.1, 0.15) is 28.0 Å². The minimum absolute atomic E-state index is 0.0191. The first-order chi connectivity index (χ1) is 11.8. The molecule has 1 saturated heterocycles. The summed E-state index contributed by atoms with van der Waals surface area (Å²) in [6, 6.07) is 7.91. The molecule has 0 bridgehead atoms. The Morgan fingerprint density at radius 1 is 1.24 bits per heavy atom. The maximum atomic E-state index is 12.8. The van der Waals surface area contributed by atoms with Gasteiger partial charge < -0.3 is 9.64 Å². The van der Waals surface area contributed by atoms with Crippen LogP contribution in [0.4, 0.5) is 13.2 Å². The Bertz CT molecular complexity index is 762. The van der Waals surface area contributed by atoms with E-state index < -0.39 is 17.6 Å². The average Bonchev–Trinajstić information content (AvgIpc) is 3.04. The number of benzene rings is 1. The lowest BCUT2D eigenvalue weighted by molar-refractivity contribution is -0.137. The van der Waals surface area contributed by atoms with E-state index in [9.17, 15) is 18.0 Å². The molecule has 0 saturated carbocycles. The van der Waals surface area contributed by atoms with Gasteiger partial charge in [0.05, 0.1) is 17.8 Å². The molecule has 5 nitrogen and oxygen atoms in total. The van der Waals surface area contributed by atoms with Crippen molar-refractivity contribution in [1.82, 2.24) is 15.1 Å². The lowest BCUT2D eigenvalue weighted by Gasteiger charge is -2.17. The minimum Gasteiger partial charge on any atom is -0.471 e. The number of aryl methyl sites for hydroxylation is 1. The summed E-state index contributed by atoms with van der Waals surface area (Å²) in [5.74, 6) is -0.0730. The number of hydrogen-bond donors (Lipinski definition) is 0. The molecule has 0 aliphatic carbocycles. The summed E-state index contributed by atoms with van der Waals surface area (Å²) >= 11 is 0. The Hall–Kier alpha value is -2.64. The summed E-state index contributed by atoms with van der Waals surface area (Å²) in [6.45, 7) is 2.52. The summed E-state index contributed by atoms with van der Waals surface area (Å²) in [7, 11) is 0. The third-order valence-electron chi connectivity index (χ3n) is 3.93. The first-order valence-electron chi connectivity index (χ1n) is 7.76. The zero-order valence-corrected chi connectivity index (χ0v) is 13.5. The van der Waals surface area contributed by atoms with Gasteiger partial charge in [0.1, 0.15) is 6.10 Å². The number of carbonyl (C=O) groups is 1. The highest BCUT2D eigenvalue weighted by Crippen LogP contribution is 2.30. The monoisotopic (exact) mass is 351 g/mol. The van der Waals surface area contributed by atoms with E-state index in [1.165, 1.54) is 17.0 Å². The van der Waals surface area contributed by atoms with Crippen molar-refractivity contribution < 1.29 is 22.7 Å². The fourth-order valence-corrected chi connectivity index (χ4v) is 2.64. The van der Waals surface area contributed by atoms with Gasteiger partial charge in [-0.3, -0.25) is 4.79 Å². The molecule has 1 amide bonds. The Morgan fingerprint density at radius 2 is 2.04 bits per heavy atom. The molecule has 8 heteroatoms. The van der Waals surface area contributed by atoms with Crippen LogP contribution in [-0.2, 0) is 6.18 Å². The molecule has 1 fully saturated rings. The number of carbonyl (C=O) groups excluding carboxylic acids is 1. The summed E-state index contributed by atoms with van der Waals surface area (Å²) in [4.78, 5) is 13.9. The van der Waals surface area contributed by atoms with Gasteiger partial charge in [0, 0.05) is 24.6 Å². The van der Waals surface area contributed by atoms with E-state index in [2.05, 4.69) is 10.2 Å². The molecule has 1 unspecified atom stereocenters. The number of ether oxygens (including phenoxy) is 1. The Morgan fingerprint density at radius 3 is 2.72 bits per heavy atom. The second kappa shape index (κ2) is 6.70. The van der Waals surface area contributed by atoms with E-state index in [1.54, 1.807) is 12.1 Å². The number of hydrogen-bond acceptors (Lipinski definition) is 4. The Labute approximate surface area is 142 Å². The van der Waals surface area contributed by atoms with Crippen LogP contribution < -0.4 is 4.74 Å². The highest BCUT2D eigenvalue weighted by atomic mass is 19.4. The van der Waals surface area contributed by atoms with Gasteiger partial charge in [-0.25, -0.2) is 0 Å². The zero-order chi connectivity index (χ0) is 18.0. The summed E-state index contributed by atoms with van der Waals surface area (Å²) < 4.78 is 44.0. The van der Waals surface area contributed by atoms with Crippen molar-refractivity contribution in [2.24, 2.45) is 0 Å². The number of halogens is 3. The number of alkyl halides is 3. The second-order valence-electron chi connectivity index (χ2n) is 5.87. The largest absolute Gasteiger partial charge is 0.471 e.